The van der Waals surface area contributed by atoms with Gasteiger partial charge in [0.05, 0.1) is 36.3 Å². The highest BCUT2D eigenvalue weighted by molar-refractivity contribution is 7.13. The first kappa shape index (κ1) is 24.0. The lowest BCUT2D eigenvalue weighted by Gasteiger charge is -2.15. The van der Waals surface area contributed by atoms with Crippen molar-refractivity contribution >= 4 is 39.1 Å². The second kappa shape index (κ2) is 9.39. The third-order valence-electron chi connectivity index (χ3n) is 5.69. The maximum atomic E-state index is 15.1. The molecule has 0 bridgehead atoms. The second-order valence-corrected chi connectivity index (χ2v) is 8.69. The van der Waals surface area contributed by atoms with Crippen LogP contribution in [0.4, 0.5) is 4.39 Å². The molecule has 0 atom stereocenters. The minimum Gasteiger partial charge on any atom is -0.493 e. The number of hydrogen-bond acceptors (Lipinski definition) is 8. The average molecular weight is 523 g/mol. The number of carboxylic acids is 1. The summed E-state index contributed by atoms with van der Waals surface area (Å²) in [5.41, 5.74) is -0.947. The number of aromatic amines is 1. The molecule has 3 aromatic heterocycles. The number of aromatic carboxylic acids is 1. The number of halogens is 1. The van der Waals surface area contributed by atoms with Crippen LogP contribution in [-0.4, -0.2) is 39.8 Å². The van der Waals surface area contributed by atoms with Gasteiger partial charge < -0.3 is 24.3 Å². The quantitative estimate of drug-likeness (QED) is 0.330. The molecule has 0 aliphatic rings. The molecule has 0 radical (unpaired) electrons. The predicted octanol–water partition coefficient (Wildman–Crippen LogP) is 3.72. The van der Waals surface area contributed by atoms with Crippen LogP contribution >= 0.6 is 11.3 Å². The monoisotopic (exact) mass is 523 g/mol. The van der Waals surface area contributed by atoms with E-state index in [1.54, 1.807) is 12.1 Å². The highest BCUT2D eigenvalue weighted by Crippen LogP contribution is 2.33. The number of pyridine rings is 1. The number of para-hydroxylation sites is 1. The van der Waals surface area contributed by atoms with Gasteiger partial charge in [0, 0.05) is 34.5 Å². The van der Waals surface area contributed by atoms with Gasteiger partial charge in [-0.2, -0.15) is 0 Å². The van der Waals surface area contributed by atoms with E-state index in [-0.39, 0.29) is 33.9 Å². The fraction of sp³-hybridized carbons (Fsp3) is 0.120. The Kier molecular flexibility index (Phi) is 6.09. The number of carboxylic acid groups (broad SMARTS) is 1. The number of nitrogens with one attached hydrogen (secondary N) is 1. The van der Waals surface area contributed by atoms with Crippen molar-refractivity contribution in [2.24, 2.45) is 0 Å². The van der Waals surface area contributed by atoms with E-state index in [9.17, 15) is 19.5 Å². The van der Waals surface area contributed by atoms with Crippen molar-refractivity contribution in [3.63, 3.8) is 0 Å². The van der Waals surface area contributed by atoms with E-state index in [1.165, 1.54) is 19.6 Å². The van der Waals surface area contributed by atoms with Gasteiger partial charge in [-0.05, 0) is 6.07 Å². The third-order valence-corrected chi connectivity index (χ3v) is 6.66. The highest BCUT2D eigenvalue weighted by Gasteiger charge is 2.22. The number of hydrogen-bond donors (Lipinski definition) is 2. The lowest BCUT2D eigenvalue weighted by Crippen LogP contribution is -2.34. The molecule has 0 aliphatic heterocycles. The second-order valence-electron chi connectivity index (χ2n) is 7.81. The first-order chi connectivity index (χ1) is 17.8. The zero-order valence-corrected chi connectivity index (χ0v) is 20.2. The molecule has 188 valence electrons. The van der Waals surface area contributed by atoms with Crippen LogP contribution in [0.25, 0.3) is 27.5 Å². The molecule has 2 N–H and O–H groups in total. The maximum absolute atomic E-state index is 15.1. The van der Waals surface area contributed by atoms with Crippen LogP contribution < -0.4 is 25.5 Å². The Morgan fingerprint density at radius 3 is 2.68 bits per heavy atom. The molecule has 5 aromatic rings. The number of thiophene rings is 1. The predicted molar refractivity (Wildman–Crippen MR) is 134 cm³/mol. The largest absolute Gasteiger partial charge is 0.493 e. The van der Waals surface area contributed by atoms with E-state index in [2.05, 4.69) is 9.97 Å². The van der Waals surface area contributed by atoms with Crippen LogP contribution in [0.1, 0.15) is 15.2 Å². The molecule has 0 unspecified atom stereocenters. The minimum absolute atomic E-state index is 0.00305. The number of aromatic nitrogens is 3. The number of methoxy groups -OCH3 is 2. The first-order valence-corrected chi connectivity index (χ1v) is 11.6. The van der Waals surface area contributed by atoms with Gasteiger partial charge in [0.2, 0.25) is 5.88 Å². The molecule has 5 rings (SSSR count). The van der Waals surface area contributed by atoms with E-state index in [4.69, 9.17) is 14.2 Å². The molecule has 12 heteroatoms. The molecular formula is C25H18FN3O7S. The summed E-state index contributed by atoms with van der Waals surface area (Å²) in [5.74, 6) is -1.78. The lowest BCUT2D eigenvalue weighted by atomic mass is 10.1. The molecule has 10 nitrogen and oxygen atoms in total. The number of H-pyrrole nitrogens is 1. The van der Waals surface area contributed by atoms with E-state index >= 15 is 4.39 Å². The number of ether oxygens (including phenoxy) is 3. The summed E-state index contributed by atoms with van der Waals surface area (Å²) in [7, 11) is 2.83. The zero-order valence-electron chi connectivity index (χ0n) is 19.4. The molecule has 0 amide bonds. The Morgan fingerprint density at radius 1 is 1.14 bits per heavy atom. The summed E-state index contributed by atoms with van der Waals surface area (Å²) in [6.07, 6.45) is 0. The molecule has 0 saturated heterocycles. The molecule has 3 heterocycles. The van der Waals surface area contributed by atoms with Gasteiger partial charge in [-0.15, -0.1) is 11.3 Å². The number of fused-ring (bicyclic) bond motifs is 2. The van der Waals surface area contributed by atoms with Crippen LogP contribution in [0.3, 0.4) is 0 Å². The van der Waals surface area contributed by atoms with Crippen molar-refractivity contribution in [2.75, 3.05) is 14.2 Å². The Bertz CT molecular complexity index is 1810. The summed E-state index contributed by atoms with van der Waals surface area (Å²) < 4.78 is 32.0. The third kappa shape index (κ3) is 4.16. The summed E-state index contributed by atoms with van der Waals surface area (Å²) in [6.45, 7) is -0.00305. The molecule has 0 aliphatic carbocycles. The summed E-state index contributed by atoms with van der Waals surface area (Å²) in [4.78, 5) is 44.1. The fourth-order valence-electron chi connectivity index (χ4n) is 3.96. The van der Waals surface area contributed by atoms with Gasteiger partial charge >= 0.3 is 11.7 Å². The van der Waals surface area contributed by atoms with Gasteiger partial charge in [0.1, 0.15) is 11.5 Å². The van der Waals surface area contributed by atoms with Crippen LogP contribution in [0.2, 0.25) is 0 Å². The van der Waals surface area contributed by atoms with Gasteiger partial charge in [-0.1, -0.05) is 18.2 Å². The average Bonchev–Trinajstić information content (AvgIpc) is 3.32. The highest BCUT2D eigenvalue weighted by atomic mass is 32.1. The van der Waals surface area contributed by atoms with Crippen LogP contribution in [0.15, 0.2) is 57.4 Å². The smallest absolute Gasteiger partial charge is 0.346 e. The van der Waals surface area contributed by atoms with E-state index in [0.29, 0.717) is 21.5 Å². The van der Waals surface area contributed by atoms with Crippen molar-refractivity contribution in [2.45, 2.75) is 6.61 Å². The Labute approximate surface area is 211 Å². The SMILES string of the molecule is COc1ccc2cccc(COc3cc(-n4c(=O)[nH]c5csc(C(=O)O)c5c4=O)c(F)cc3OC)c2n1. The van der Waals surface area contributed by atoms with E-state index in [1.807, 2.05) is 18.2 Å². The van der Waals surface area contributed by atoms with Gasteiger partial charge in [-0.25, -0.2) is 23.5 Å². The summed E-state index contributed by atoms with van der Waals surface area (Å²) in [6, 6.07) is 11.2. The van der Waals surface area contributed by atoms with Gasteiger partial charge in [-0.3, -0.25) is 4.79 Å². The van der Waals surface area contributed by atoms with Crippen molar-refractivity contribution in [1.29, 1.82) is 0 Å². The van der Waals surface area contributed by atoms with Crippen molar-refractivity contribution < 1.29 is 28.5 Å². The molecule has 0 fully saturated rings. The molecule has 0 spiro atoms. The first-order valence-electron chi connectivity index (χ1n) is 10.8. The molecule has 37 heavy (non-hydrogen) atoms. The Hall–Kier alpha value is -4.71. The number of benzene rings is 2. The van der Waals surface area contributed by atoms with E-state index < -0.39 is 28.7 Å². The number of nitrogens with zero attached hydrogens (tertiary/aromatic N) is 2. The van der Waals surface area contributed by atoms with Crippen LogP contribution in [0.5, 0.6) is 17.4 Å². The van der Waals surface area contributed by atoms with Crippen molar-refractivity contribution in [3.05, 3.63) is 84.9 Å². The fourth-order valence-corrected chi connectivity index (χ4v) is 4.79. The van der Waals surface area contributed by atoms with Crippen LogP contribution in [0, 0.1) is 5.82 Å². The minimum atomic E-state index is -1.34. The standard InChI is InChI=1S/C25H18FN3O7S/c1-34-17-8-14(26)16(29-23(30)20-15(27-25(29)33)11-37-22(20)24(31)32)9-18(17)36-10-13-5-3-4-12-6-7-19(35-2)28-21(12)13/h3-9,11H,10H2,1-2H3,(H,27,33)(H,31,32). The summed E-state index contributed by atoms with van der Waals surface area (Å²) in [5, 5.41) is 11.4. The van der Waals surface area contributed by atoms with Gasteiger partial charge in [0.15, 0.2) is 17.3 Å². The lowest BCUT2D eigenvalue weighted by molar-refractivity contribution is 0.0704. The topological polar surface area (TPSA) is 133 Å². The van der Waals surface area contributed by atoms with Gasteiger partial charge in [0.25, 0.3) is 5.56 Å². The number of rotatable bonds is 7. The van der Waals surface area contributed by atoms with Crippen molar-refractivity contribution in [1.82, 2.24) is 14.5 Å². The Balaban J connectivity index is 1.61. The van der Waals surface area contributed by atoms with E-state index in [0.717, 1.165) is 28.9 Å². The molecule has 0 saturated carbocycles. The zero-order chi connectivity index (χ0) is 26.3. The summed E-state index contributed by atoms with van der Waals surface area (Å²) >= 11 is 0.784. The molecule has 2 aromatic carbocycles. The Morgan fingerprint density at radius 2 is 1.95 bits per heavy atom. The van der Waals surface area contributed by atoms with Crippen molar-refractivity contribution in [3.8, 4) is 23.1 Å². The molecular weight excluding hydrogens is 505 g/mol. The van der Waals surface area contributed by atoms with Crippen LogP contribution in [-0.2, 0) is 6.61 Å². The number of carbonyl (C=O) groups is 1. The normalized spacial score (nSPS) is 11.1. The maximum Gasteiger partial charge on any atom is 0.346 e.